The normalized spacial score (nSPS) is 14.3. The molecule has 4 rings (SSSR count). The minimum absolute atomic E-state index is 0.00416. The van der Waals surface area contributed by atoms with Gasteiger partial charge in [0.1, 0.15) is 17.3 Å². The lowest BCUT2D eigenvalue weighted by atomic mass is 9.97. The molecule has 2 aromatic heterocycles. The maximum Gasteiger partial charge on any atom is 0.573 e. The van der Waals surface area contributed by atoms with E-state index in [-0.39, 0.29) is 46.8 Å². The first kappa shape index (κ1) is 29.5. The number of hydrogen-bond acceptors (Lipinski definition) is 10. The number of anilines is 2. The number of alkyl halides is 3. The molecule has 40 heavy (non-hydrogen) atoms. The lowest BCUT2D eigenvalue weighted by Crippen LogP contribution is -2.36. The predicted octanol–water partition coefficient (Wildman–Crippen LogP) is 3.79. The summed E-state index contributed by atoms with van der Waals surface area (Å²) in [4.78, 5) is 39.3. The van der Waals surface area contributed by atoms with E-state index in [9.17, 15) is 22.8 Å². The molecule has 214 valence electrons. The van der Waals surface area contributed by atoms with E-state index in [0.29, 0.717) is 36.6 Å². The van der Waals surface area contributed by atoms with Crippen molar-refractivity contribution in [3.8, 4) is 17.0 Å². The number of benzene rings is 1. The van der Waals surface area contributed by atoms with Crippen LogP contribution in [0.25, 0.3) is 11.3 Å². The molecule has 0 spiro atoms. The molecule has 1 saturated heterocycles. The Kier molecular flexibility index (Phi) is 9.40. The second-order valence-corrected chi connectivity index (χ2v) is 10.2. The van der Waals surface area contributed by atoms with Gasteiger partial charge < -0.3 is 25.2 Å². The fourth-order valence-corrected chi connectivity index (χ4v) is 5.22. The van der Waals surface area contributed by atoms with Gasteiger partial charge >= 0.3 is 12.3 Å². The second-order valence-electron chi connectivity index (χ2n) is 8.73. The standard InChI is InChI=1S/C24H24ClF3N6O5S/c25-15-7-14(8-16(9-15)39-24(26,27)28)20-18(11-29-3-6-35)40-23(32-20)33-21(36)17-10-31-19(12-30-17)34-4-1-13(2-5-34)22(37)38/h7-10,12-13,29,35H,1-6,11H2,(H,37,38)(H,32,33,36). The number of piperidine rings is 1. The Morgan fingerprint density at radius 1 is 1.18 bits per heavy atom. The van der Waals surface area contributed by atoms with Gasteiger partial charge in [0.15, 0.2) is 5.13 Å². The van der Waals surface area contributed by atoms with Gasteiger partial charge in [0.25, 0.3) is 5.91 Å². The molecule has 0 atom stereocenters. The Morgan fingerprint density at radius 2 is 1.93 bits per heavy atom. The Bertz CT molecular complexity index is 1350. The van der Waals surface area contributed by atoms with Crippen molar-refractivity contribution in [3.63, 3.8) is 0 Å². The Hall–Kier alpha value is -3.53. The van der Waals surface area contributed by atoms with Crippen molar-refractivity contribution in [1.82, 2.24) is 20.3 Å². The maximum absolute atomic E-state index is 12.9. The number of halogens is 4. The van der Waals surface area contributed by atoms with Gasteiger partial charge in [-0.15, -0.1) is 13.2 Å². The number of aliphatic hydroxyl groups is 1. The van der Waals surface area contributed by atoms with E-state index < -0.39 is 29.9 Å². The molecular weight excluding hydrogens is 577 g/mol. The minimum Gasteiger partial charge on any atom is -0.481 e. The highest BCUT2D eigenvalue weighted by Gasteiger charge is 2.31. The number of carbonyl (C=O) groups is 2. The number of ether oxygens (including phenoxy) is 1. The predicted molar refractivity (Wildman–Crippen MR) is 141 cm³/mol. The van der Waals surface area contributed by atoms with E-state index in [0.717, 1.165) is 23.5 Å². The fourth-order valence-electron chi connectivity index (χ4n) is 4.04. The molecule has 0 unspecified atom stereocenters. The zero-order chi connectivity index (χ0) is 28.9. The van der Waals surface area contributed by atoms with Crippen LogP contribution in [-0.4, -0.2) is 69.6 Å². The second kappa shape index (κ2) is 12.8. The molecule has 1 aliphatic heterocycles. The highest BCUT2D eigenvalue weighted by Crippen LogP contribution is 2.36. The molecule has 16 heteroatoms. The van der Waals surface area contributed by atoms with E-state index in [4.69, 9.17) is 21.8 Å². The van der Waals surface area contributed by atoms with E-state index in [1.807, 2.05) is 4.90 Å². The van der Waals surface area contributed by atoms with Gasteiger partial charge in [0.2, 0.25) is 0 Å². The Balaban J connectivity index is 1.51. The summed E-state index contributed by atoms with van der Waals surface area (Å²) >= 11 is 7.12. The van der Waals surface area contributed by atoms with E-state index in [1.54, 1.807) is 0 Å². The Labute approximate surface area is 235 Å². The van der Waals surface area contributed by atoms with Gasteiger partial charge in [-0.2, -0.15) is 0 Å². The number of carboxylic acid groups (broad SMARTS) is 1. The van der Waals surface area contributed by atoms with Gasteiger partial charge in [-0.3, -0.25) is 14.9 Å². The number of nitrogens with one attached hydrogen (secondary N) is 2. The van der Waals surface area contributed by atoms with Crippen molar-refractivity contribution in [2.45, 2.75) is 25.7 Å². The Morgan fingerprint density at radius 3 is 2.55 bits per heavy atom. The van der Waals surface area contributed by atoms with Crippen molar-refractivity contribution in [2.24, 2.45) is 5.92 Å². The lowest BCUT2D eigenvalue weighted by molar-refractivity contribution is -0.274. The number of hydrogen-bond donors (Lipinski definition) is 4. The van der Waals surface area contributed by atoms with E-state index >= 15 is 0 Å². The van der Waals surface area contributed by atoms with Crippen LogP contribution in [0.5, 0.6) is 5.75 Å². The summed E-state index contributed by atoms with van der Waals surface area (Å²) in [6, 6.07) is 3.58. The maximum atomic E-state index is 12.9. The molecular formula is C24H24ClF3N6O5S. The van der Waals surface area contributed by atoms with Crippen LogP contribution in [0, 0.1) is 5.92 Å². The first-order valence-electron chi connectivity index (χ1n) is 12.0. The summed E-state index contributed by atoms with van der Waals surface area (Å²) in [5, 5.41) is 24.0. The van der Waals surface area contributed by atoms with Crippen LogP contribution in [0.2, 0.25) is 5.02 Å². The topological polar surface area (TPSA) is 150 Å². The molecule has 3 aromatic rings. The molecule has 1 aromatic carbocycles. The number of carboxylic acids is 1. The SMILES string of the molecule is O=C(Nc1nc(-c2cc(Cl)cc(OC(F)(F)F)c2)c(CNCCO)s1)c1cnc(N2CCC(C(=O)O)CC2)cn1. The number of rotatable bonds is 10. The summed E-state index contributed by atoms with van der Waals surface area (Å²) in [6.45, 7) is 1.34. The van der Waals surface area contributed by atoms with Crippen LogP contribution in [0.1, 0.15) is 28.2 Å². The molecule has 1 aliphatic rings. The third kappa shape index (κ3) is 7.78. The summed E-state index contributed by atoms with van der Waals surface area (Å²) < 4.78 is 42.4. The molecule has 3 heterocycles. The minimum atomic E-state index is -4.92. The zero-order valence-corrected chi connectivity index (χ0v) is 22.3. The summed E-state index contributed by atoms with van der Waals surface area (Å²) in [7, 11) is 0. The first-order chi connectivity index (χ1) is 19.0. The molecule has 4 N–H and O–H groups in total. The van der Waals surface area contributed by atoms with Crippen molar-refractivity contribution < 1.29 is 37.7 Å². The summed E-state index contributed by atoms with van der Waals surface area (Å²) in [5.41, 5.74) is 0.510. The quantitative estimate of drug-likeness (QED) is 0.253. The summed E-state index contributed by atoms with van der Waals surface area (Å²) in [6.07, 6.45) is -1.22. The average Bonchev–Trinajstić information content (AvgIpc) is 3.30. The molecule has 1 fully saturated rings. The van der Waals surface area contributed by atoms with E-state index in [1.165, 1.54) is 18.5 Å². The summed E-state index contributed by atoms with van der Waals surface area (Å²) in [5.74, 6) is -1.82. The highest BCUT2D eigenvalue weighted by molar-refractivity contribution is 7.16. The van der Waals surface area contributed by atoms with Crippen LogP contribution in [0.15, 0.2) is 30.6 Å². The van der Waals surface area contributed by atoms with Gasteiger partial charge in [0.05, 0.1) is 30.6 Å². The molecule has 1 amide bonds. The number of carbonyl (C=O) groups excluding carboxylic acids is 1. The average molecular weight is 601 g/mol. The zero-order valence-electron chi connectivity index (χ0n) is 20.7. The first-order valence-corrected chi connectivity index (χ1v) is 13.2. The number of nitrogens with zero attached hydrogens (tertiary/aromatic N) is 4. The van der Waals surface area contributed by atoms with Crippen molar-refractivity contribution in [1.29, 1.82) is 0 Å². The number of aliphatic carboxylic acids is 1. The number of amides is 1. The monoisotopic (exact) mass is 600 g/mol. The van der Waals surface area contributed by atoms with Crippen LogP contribution in [0.3, 0.4) is 0 Å². The van der Waals surface area contributed by atoms with E-state index in [2.05, 4.69) is 30.3 Å². The van der Waals surface area contributed by atoms with Crippen LogP contribution in [0.4, 0.5) is 24.1 Å². The number of aliphatic hydroxyl groups excluding tert-OH is 1. The molecule has 0 bridgehead atoms. The fraction of sp³-hybridized carbons (Fsp3) is 0.375. The van der Waals surface area contributed by atoms with Crippen molar-refractivity contribution in [3.05, 3.63) is 46.2 Å². The van der Waals surface area contributed by atoms with Crippen molar-refractivity contribution >= 4 is 45.8 Å². The van der Waals surface area contributed by atoms with Crippen LogP contribution >= 0.6 is 22.9 Å². The third-order valence-corrected chi connectivity index (χ3v) is 7.10. The molecule has 11 nitrogen and oxygen atoms in total. The molecule has 0 radical (unpaired) electrons. The van der Waals surface area contributed by atoms with Gasteiger partial charge in [-0.25, -0.2) is 15.0 Å². The van der Waals surface area contributed by atoms with Gasteiger partial charge in [-0.05, 0) is 31.0 Å². The highest BCUT2D eigenvalue weighted by atomic mass is 35.5. The third-order valence-electron chi connectivity index (χ3n) is 5.91. The molecule has 0 aliphatic carbocycles. The largest absolute Gasteiger partial charge is 0.573 e. The van der Waals surface area contributed by atoms with Crippen LogP contribution < -0.4 is 20.3 Å². The smallest absolute Gasteiger partial charge is 0.481 e. The number of aromatic nitrogens is 3. The number of thiazole rings is 1. The molecule has 0 saturated carbocycles. The lowest BCUT2D eigenvalue weighted by Gasteiger charge is -2.30. The van der Waals surface area contributed by atoms with Crippen LogP contribution in [-0.2, 0) is 11.3 Å². The van der Waals surface area contributed by atoms with Crippen molar-refractivity contribution in [2.75, 3.05) is 36.5 Å². The van der Waals surface area contributed by atoms with Gasteiger partial charge in [0, 0.05) is 41.6 Å². The van der Waals surface area contributed by atoms with Gasteiger partial charge in [-0.1, -0.05) is 22.9 Å².